The molecule has 1 aliphatic rings. The highest BCUT2D eigenvalue weighted by Gasteiger charge is 2.26. The number of nitro groups is 1. The summed E-state index contributed by atoms with van der Waals surface area (Å²) in [5.41, 5.74) is -0.258. The monoisotopic (exact) mass is 301 g/mol. The third-order valence-electron chi connectivity index (χ3n) is 1.52. The lowest BCUT2D eigenvalue weighted by Gasteiger charge is -2.02. The molecule has 0 aromatic heterocycles. The van der Waals surface area contributed by atoms with E-state index in [-0.39, 0.29) is 20.5 Å². The summed E-state index contributed by atoms with van der Waals surface area (Å²) >= 11 is 14.1. The van der Waals surface area contributed by atoms with E-state index in [1.807, 2.05) is 0 Å². The highest BCUT2D eigenvalue weighted by molar-refractivity contribution is 9.12. The maximum atomic E-state index is 10.7. The number of nitrogens with one attached hydrogen (secondary N) is 2. The first kappa shape index (κ1) is 11.6. The average molecular weight is 303 g/mol. The van der Waals surface area contributed by atoms with Gasteiger partial charge < -0.3 is 10.6 Å². The molecule has 0 aliphatic carbocycles. The standard InChI is InChI=1S/C6H6BrCl2N3O2/c7-5(9)3(8)4(12(13)14)6-10-1-2-11-6/h10-11H,1-2H2/b5-3-. The Morgan fingerprint density at radius 2 is 1.93 bits per heavy atom. The van der Waals surface area contributed by atoms with Gasteiger partial charge >= 0.3 is 5.70 Å². The van der Waals surface area contributed by atoms with Gasteiger partial charge in [-0.25, -0.2) is 0 Å². The number of allylic oxidation sites excluding steroid dienone is 1. The fourth-order valence-corrected chi connectivity index (χ4v) is 1.42. The molecule has 0 aromatic carbocycles. The molecule has 8 heteroatoms. The van der Waals surface area contributed by atoms with Crippen LogP contribution in [0.3, 0.4) is 0 Å². The fraction of sp³-hybridized carbons (Fsp3) is 0.333. The van der Waals surface area contributed by atoms with Gasteiger partial charge in [0.1, 0.15) is 8.97 Å². The quantitative estimate of drug-likeness (QED) is 0.601. The Bertz CT molecular complexity index is 317. The third-order valence-corrected chi connectivity index (χ3v) is 2.80. The summed E-state index contributed by atoms with van der Waals surface area (Å²) in [6.07, 6.45) is 0. The lowest BCUT2D eigenvalue weighted by atomic mass is 10.4. The van der Waals surface area contributed by atoms with Crippen molar-refractivity contribution in [3.63, 3.8) is 0 Å². The molecule has 0 aromatic rings. The van der Waals surface area contributed by atoms with E-state index >= 15 is 0 Å². The van der Waals surface area contributed by atoms with Crippen LogP contribution in [0.1, 0.15) is 0 Å². The third kappa shape index (κ3) is 2.52. The van der Waals surface area contributed by atoms with Crippen LogP contribution in [0.5, 0.6) is 0 Å². The van der Waals surface area contributed by atoms with Gasteiger partial charge in [0.05, 0.1) is 4.92 Å². The second-order valence-electron chi connectivity index (χ2n) is 2.41. The summed E-state index contributed by atoms with van der Waals surface area (Å²) in [5, 5.41) is 16.2. The van der Waals surface area contributed by atoms with Crippen molar-refractivity contribution in [3.8, 4) is 0 Å². The summed E-state index contributed by atoms with van der Waals surface area (Å²) in [7, 11) is 0. The first-order chi connectivity index (χ1) is 6.54. The molecular weight excluding hydrogens is 297 g/mol. The molecule has 2 N–H and O–H groups in total. The summed E-state index contributed by atoms with van der Waals surface area (Å²) < 4.78 is 0.00821. The Balaban J connectivity index is 3.13. The smallest absolute Gasteiger partial charge is 0.329 e. The SMILES string of the molecule is O=[N+]([O-])C(=C1NCCN1)/C(Cl)=C(/Cl)Br. The molecule has 5 nitrogen and oxygen atoms in total. The summed E-state index contributed by atoms with van der Waals surface area (Å²) in [6.45, 7) is 1.24. The van der Waals surface area contributed by atoms with Gasteiger partial charge in [-0.2, -0.15) is 0 Å². The molecule has 0 amide bonds. The summed E-state index contributed by atoms with van der Waals surface area (Å²) in [5.74, 6) is 0.289. The molecule has 1 fully saturated rings. The number of halogens is 3. The van der Waals surface area contributed by atoms with Crippen LogP contribution in [-0.4, -0.2) is 18.0 Å². The van der Waals surface area contributed by atoms with Crippen LogP contribution in [0.2, 0.25) is 0 Å². The van der Waals surface area contributed by atoms with Crippen LogP contribution < -0.4 is 10.6 Å². The van der Waals surface area contributed by atoms with Crippen LogP contribution in [0, 0.1) is 10.1 Å². The van der Waals surface area contributed by atoms with Crippen molar-refractivity contribution < 1.29 is 4.92 Å². The predicted molar refractivity (Wildman–Crippen MR) is 57.7 cm³/mol. The normalized spacial score (nSPS) is 16.9. The van der Waals surface area contributed by atoms with Gasteiger partial charge in [-0.15, -0.1) is 0 Å². The second kappa shape index (κ2) is 4.86. The maximum Gasteiger partial charge on any atom is 0.329 e. The minimum absolute atomic E-state index is 0.00821. The number of hydrogen-bond donors (Lipinski definition) is 2. The topological polar surface area (TPSA) is 67.2 Å². The fourth-order valence-electron chi connectivity index (χ4n) is 0.976. The van der Waals surface area contributed by atoms with E-state index in [0.29, 0.717) is 13.1 Å². The van der Waals surface area contributed by atoms with Crippen LogP contribution in [-0.2, 0) is 0 Å². The molecule has 1 saturated heterocycles. The molecule has 0 spiro atoms. The zero-order valence-electron chi connectivity index (χ0n) is 6.81. The van der Waals surface area contributed by atoms with Gasteiger partial charge in [0.2, 0.25) is 0 Å². The highest BCUT2D eigenvalue weighted by Crippen LogP contribution is 2.28. The van der Waals surface area contributed by atoms with Crippen molar-refractivity contribution in [2.45, 2.75) is 0 Å². The molecule has 0 radical (unpaired) electrons. The van der Waals surface area contributed by atoms with Gasteiger partial charge in [0.15, 0.2) is 5.82 Å². The maximum absolute atomic E-state index is 10.7. The minimum Gasteiger partial charge on any atom is -0.364 e. The molecule has 0 bridgehead atoms. The van der Waals surface area contributed by atoms with Crippen molar-refractivity contribution in [2.75, 3.05) is 13.1 Å². The van der Waals surface area contributed by atoms with Crippen LogP contribution in [0.25, 0.3) is 0 Å². The molecule has 0 atom stereocenters. The Morgan fingerprint density at radius 1 is 1.43 bits per heavy atom. The first-order valence-electron chi connectivity index (χ1n) is 3.61. The van der Waals surface area contributed by atoms with Crippen LogP contribution >= 0.6 is 39.1 Å². The number of hydrogen-bond acceptors (Lipinski definition) is 4. The second-order valence-corrected chi connectivity index (χ2v) is 4.41. The predicted octanol–water partition coefficient (Wildman–Crippen LogP) is 1.67. The lowest BCUT2D eigenvalue weighted by molar-refractivity contribution is -0.421. The molecular formula is C6H6BrCl2N3O2. The molecule has 14 heavy (non-hydrogen) atoms. The van der Waals surface area contributed by atoms with Gasteiger partial charge in [-0.3, -0.25) is 10.1 Å². The number of nitrogens with zero attached hydrogens (tertiary/aromatic N) is 1. The van der Waals surface area contributed by atoms with E-state index in [9.17, 15) is 10.1 Å². The molecule has 1 aliphatic heterocycles. The van der Waals surface area contributed by atoms with Gasteiger partial charge in [-0.1, -0.05) is 23.2 Å². The van der Waals surface area contributed by atoms with E-state index in [0.717, 1.165) is 0 Å². The molecule has 78 valence electrons. The van der Waals surface area contributed by atoms with E-state index < -0.39 is 4.92 Å². The molecule has 1 heterocycles. The van der Waals surface area contributed by atoms with Crippen molar-refractivity contribution in [1.82, 2.24) is 10.6 Å². The van der Waals surface area contributed by atoms with Crippen molar-refractivity contribution >= 4 is 39.1 Å². The van der Waals surface area contributed by atoms with Crippen molar-refractivity contribution in [1.29, 1.82) is 0 Å². The molecule has 0 saturated carbocycles. The van der Waals surface area contributed by atoms with E-state index in [4.69, 9.17) is 23.2 Å². The summed E-state index contributed by atoms with van der Waals surface area (Å²) in [6, 6.07) is 0. The zero-order chi connectivity index (χ0) is 10.7. The van der Waals surface area contributed by atoms with Gasteiger partial charge in [0, 0.05) is 13.1 Å². The minimum atomic E-state index is -0.591. The molecule has 0 unspecified atom stereocenters. The Morgan fingerprint density at radius 3 is 2.29 bits per heavy atom. The van der Waals surface area contributed by atoms with Gasteiger partial charge in [-0.05, 0) is 15.9 Å². The Labute approximate surface area is 98.4 Å². The lowest BCUT2D eigenvalue weighted by Crippen LogP contribution is -2.18. The molecule has 1 rings (SSSR count). The first-order valence-corrected chi connectivity index (χ1v) is 5.16. The largest absolute Gasteiger partial charge is 0.364 e. The van der Waals surface area contributed by atoms with Gasteiger partial charge in [0.25, 0.3) is 0 Å². The Hall–Kier alpha value is -0.460. The van der Waals surface area contributed by atoms with Crippen LogP contribution in [0.15, 0.2) is 20.5 Å². The van der Waals surface area contributed by atoms with E-state index in [1.165, 1.54) is 0 Å². The average Bonchev–Trinajstić information content (AvgIpc) is 2.56. The van der Waals surface area contributed by atoms with Crippen molar-refractivity contribution in [2.24, 2.45) is 0 Å². The highest BCUT2D eigenvalue weighted by atomic mass is 79.9. The van der Waals surface area contributed by atoms with Crippen LogP contribution in [0.4, 0.5) is 0 Å². The number of rotatable bonds is 2. The Kier molecular flexibility index (Phi) is 4.03. The van der Waals surface area contributed by atoms with E-state index in [1.54, 1.807) is 0 Å². The zero-order valence-corrected chi connectivity index (χ0v) is 9.91. The summed E-state index contributed by atoms with van der Waals surface area (Å²) in [4.78, 5) is 10.1. The van der Waals surface area contributed by atoms with Crippen molar-refractivity contribution in [3.05, 3.63) is 30.6 Å². The van der Waals surface area contributed by atoms with E-state index in [2.05, 4.69) is 26.6 Å².